The number of hydrogen-bond donors (Lipinski definition) is 1. The summed E-state index contributed by atoms with van der Waals surface area (Å²) in [7, 11) is 0.863. The molecule has 2 rings (SSSR count). The molecule has 1 fully saturated rings. The third kappa shape index (κ3) is 2.85. The molecule has 0 radical (unpaired) electrons. The van der Waals surface area contributed by atoms with Gasteiger partial charge in [-0.15, -0.1) is 0 Å². The van der Waals surface area contributed by atoms with E-state index in [2.05, 4.69) is 5.32 Å². The molecule has 1 aromatic carbocycles. The Morgan fingerprint density at radius 3 is 2.33 bits per heavy atom. The molecule has 1 aliphatic rings. The number of rotatable bonds is 5. The van der Waals surface area contributed by atoms with Gasteiger partial charge in [-0.3, -0.25) is 10.1 Å². The monoisotopic (exact) mass is 314 g/mol. The Kier molecular flexibility index (Phi) is 4.17. The predicted octanol–water partition coefficient (Wildman–Crippen LogP) is 0.253. The molecule has 8 nitrogen and oxygen atoms in total. The van der Waals surface area contributed by atoms with Crippen molar-refractivity contribution in [2.24, 2.45) is 0 Å². The smallest absolute Gasteiger partial charge is 0.293 e. The van der Waals surface area contributed by atoms with Crippen LogP contribution in [-0.4, -0.2) is 57.9 Å². The van der Waals surface area contributed by atoms with Gasteiger partial charge in [0.1, 0.15) is 5.69 Å². The highest BCUT2D eigenvalue weighted by atomic mass is 32.2. The van der Waals surface area contributed by atoms with Crippen molar-refractivity contribution in [2.75, 3.05) is 39.1 Å². The molecular weight excluding hydrogens is 296 g/mol. The van der Waals surface area contributed by atoms with E-state index in [0.717, 1.165) is 23.5 Å². The fraction of sp³-hybridized carbons (Fsp3) is 0.500. The zero-order valence-corrected chi connectivity index (χ0v) is 12.9. The van der Waals surface area contributed by atoms with Gasteiger partial charge in [0.2, 0.25) is 10.0 Å². The van der Waals surface area contributed by atoms with Crippen molar-refractivity contribution < 1.29 is 13.3 Å². The molecule has 0 bridgehead atoms. The van der Waals surface area contributed by atoms with Gasteiger partial charge in [-0.25, -0.2) is 12.7 Å². The molecule has 0 aliphatic carbocycles. The second-order valence-electron chi connectivity index (χ2n) is 5.12. The van der Waals surface area contributed by atoms with Crippen LogP contribution in [0.1, 0.15) is 0 Å². The third-order valence-corrected chi connectivity index (χ3v) is 5.42. The number of nitrogens with zero attached hydrogens (tertiary/aromatic N) is 3. The van der Waals surface area contributed by atoms with E-state index in [4.69, 9.17) is 0 Å². The molecule has 9 heteroatoms. The van der Waals surface area contributed by atoms with Crippen LogP contribution in [0.4, 0.5) is 11.4 Å². The topological polar surface area (TPSA) is 95.8 Å². The van der Waals surface area contributed by atoms with Crippen molar-refractivity contribution in [3.63, 3.8) is 0 Å². The van der Waals surface area contributed by atoms with Gasteiger partial charge in [-0.05, 0) is 12.1 Å². The zero-order valence-electron chi connectivity index (χ0n) is 12.1. The maximum atomic E-state index is 12.1. The fourth-order valence-corrected chi connectivity index (χ4v) is 2.99. The second kappa shape index (κ2) is 5.58. The summed E-state index contributed by atoms with van der Waals surface area (Å²) in [6, 6.07) is 4.19. The summed E-state index contributed by atoms with van der Waals surface area (Å²) in [5, 5.41) is 14.4. The van der Waals surface area contributed by atoms with Gasteiger partial charge in [0, 0.05) is 40.3 Å². The average Bonchev–Trinajstić information content (AvgIpc) is 2.35. The number of nitro groups is 1. The maximum absolute atomic E-state index is 12.1. The highest BCUT2D eigenvalue weighted by Crippen LogP contribution is 2.32. The summed E-state index contributed by atoms with van der Waals surface area (Å²) in [6.07, 6.45) is 0. The highest BCUT2D eigenvalue weighted by Gasteiger charge is 2.29. The lowest BCUT2D eigenvalue weighted by Crippen LogP contribution is -2.56. The molecule has 1 aromatic rings. The highest BCUT2D eigenvalue weighted by molar-refractivity contribution is 7.89. The van der Waals surface area contributed by atoms with Crippen molar-refractivity contribution in [1.29, 1.82) is 0 Å². The first-order chi connectivity index (χ1) is 9.75. The van der Waals surface area contributed by atoms with E-state index in [1.807, 2.05) is 0 Å². The average molecular weight is 314 g/mol. The molecule has 1 aliphatic heterocycles. The Balaban J connectivity index is 2.47. The van der Waals surface area contributed by atoms with Gasteiger partial charge in [0.25, 0.3) is 5.69 Å². The van der Waals surface area contributed by atoms with Crippen LogP contribution in [-0.2, 0) is 10.0 Å². The first kappa shape index (κ1) is 15.7. The van der Waals surface area contributed by atoms with Crippen molar-refractivity contribution in [1.82, 2.24) is 9.62 Å². The van der Waals surface area contributed by atoms with Gasteiger partial charge < -0.3 is 10.2 Å². The lowest BCUT2D eigenvalue weighted by molar-refractivity contribution is -0.384. The molecule has 0 amide bonds. The summed E-state index contributed by atoms with van der Waals surface area (Å²) < 4.78 is 25.2. The lowest BCUT2D eigenvalue weighted by atomic mass is 10.1. The number of hydrogen-bond acceptors (Lipinski definition) is 6. The van der Waals surface area contributed by atoms with Crippen LogP contribution in [0.2, 0.25) is 0 Å². The number of sulfonamides is 1. The van der Waals surface area contributed by atoms with Gasteiger partial charge >= 0.3 is 0 Å². The van der Waals surface area contributed by atoms with E-state index in [1.54, 1.807) is 11.9 Å². The summed E-state index contributed by atoms with van der Waals surface area (Å²) >= 11 is 0. The molecular formula is C12H18N4O4S. The Morgan fingerprint density at radius 1 is 1.29 bits per heavy atom. The number of benzene rings is 1. The minimum Gasteiger partial charge on any atom is -0.364 e. The predicted molar refractivity (Wildman–Crippen MR) is 79.0 cm³/mol. The number of nitro benzene ring substituents is 1. The maximum Gasteiger partial charge on any atom is 0.293 e. The molecule has 116 valence electrons. The Bertz CT molecular complexity index is 655. The normalized spacial score (nSPS) is 15.8. The van der Waals surface area contributed by atoms with Crippen LogP contribution in [0.15, 0.2) is 23.1 Å². The molecule has 0 atom stereocenters. The molecule has 0 aromatic heterocycles. The van der Waals surface area contributed by atoms with Gasteiger partial charge in [0.05, 0.1) is 15.9 Å². The van der Waals surface area contributed by atoms with Crippen LogP contribution in [0, 0.1) is 10.1 Å². The van der Waals surface area contributed by atoms with Crippen LogP contribution in [0.25, 0.3) is 0 Å². The van der Waals surface area contributed by atoms with Crippen LogP contribution in [0.3, 0.4) is 0 Å². The minimum atomic E-state index is -3.69. The van der Waals surface area contributed by atoms with E-state index >= 15 is 0 Å². The SMILES string of the molecule is CN(c1ccc(S(=O)(=O)N(C)C)cc1[N+](=O)[O-])C1CNC1. The van der Waals surface area contributed by atoms with E-state index in [1.165, 1.54) is 26.2 Å². The third-order valence-electron chi connectivity index (χ3n) is 3.61. The Hall–Kier alpha value is -1.71. The quantitative estimate of drug-likeness (QED) is 0.618. The minimum absolute atomic E-state index is 0.0805. The molecule has 1 saturated heterocycles. The van der Waals surface area contributed by atoms with Crippen molar-refractivity contribution >= 4 is 21.4 Å². The lowest BCUT2D eigenvalue weighted by Gasteiger charge is -2.36. The van der Waals surface area contributed by atoms with Crippen LogP contribution in [0.5, 0.6) is 0 Å². The van der Waals surface area contributed by atoms with Crippen molar-refractivity contribution in [3.8, 4) is 0 Å². The first-order valence-electron chi connectivity index (χ1n) is 6.39. The zero-order chi connectivity index (χ0) is 15.8. The van der Waals surface area contributed by atoms with E-state index in [9.17, 15) is 18.5 Å². The molecule has 1 heterocycles. The van der Waals surface area contributed by atoms with Crippen LogP contribution >= 0.6 is 0 Å². The Morgan fingerprint density at radius 2 is 1.90 bits per heavy atom. The van der Waals surface area contributed by atoms with Gasteiger partial charge in [-0.1, -0.05) is 0 Å². The molecule has 0 saturated carbocycles. The fourth-order valence-electron chi connectivity index (χ4n) is 2.06. The summed E-state index contributed by atoms with van der Waals surface area (Å²) in [5.41, 5.74) is 0.219. The summed E-state index contributed by atoms with van der Waals surface area (Å²) in [5.74, 6) is 0. The first-order valence-corrected chi connectivity index (χ1v) is 7.83. The number of nitrogens with one attached hydrogen (secondary N) is 1. The summed E-state index contributed by atoms with van der Waals surface area (Å²) in [4.78, 5) is 12.4. The van der Waals surface area contributed by atoms with Crippen LogP contribution < -0.4 is 10.2 Å². The number of likely N-dealkylation sites (N-methyl/N-ethyl adjacent to an activating group) is 1. The van der Waals surface area contributed by atoms with Gasteiger partial charge in [-0.2, -0.15) is 0 Å². The van der Waals surface area contributed by atoms with Gasteiger partial charge in [0.15, 0.2) is 0 Å². The second-order valence-corrected chi connectivity index (χ2v) is 7.27. The Labute approximate surface area is 123 Å². The van der Waals surface area contributed by atoms with Crippen molar-refractivity contribution in [3.05, 3.63) is 28.3 Å². The molecule has 0 spiro atoms. The van der Waals surface area contributed by atoms with Crippen molar-refractivity contribution in [2.45, 2.75) is 10.9 Å². The van der Waals surface area contributed by atoms with E-state index in [0.29, 0.717) is 5.69 Å². The molecule has 1 N–H and O–H groups in total. The largest absolute Gasteiger partial charge is 0.364 e. The molecule has 0 unspecified atom stereocenters. The number of anilines is 1. The molecule has 21 heavy (non-hydrogen) atoms. The van der Waals surface area contributed by atoms with E-state index < -0.39 is 14.9 Å². The summed E-state index contributed by atoms with van der Waals surface area (Å²) in [6.45, 7) is 1.51. The standard InChI is InChI=1S/C12H18N4O4S/c1-14(2)21(19,20)10-4-5-11(12(6-10)16(17)18)15(3)9-7-13-8-9/h4-6,9,13H,7-8H2,1-3H3. The van der Waals surface area contributed by atoms with E-state index in [-0.39, 0.29) is 16.6 Å².